The second-order valence-corrected chi connectivity index (χ2v) is 9.19. The Labute approximate surface area is 224 Å². The Hall–Kier alpha value is -4.59. The van der Waals surface area contributed by atoms with Gasteiger partial charge in [-0.2, -0.15) is 0 Å². The minimum atomic E-state index is -2.66. The highest BCUT2D eigenvalue weighted by molar-refractivity contribution is 5.99. The second-order valence-electron chi connectivity index (χ2n) is 9.19. The Morgan fingerprint density at radius 2 is 1.62 bits per heavy atom. The fourth-order valence-electron chi connectivity index (χ4n) is 4.33. The highest BCUT2D eigenvalue weighted by Crippen LogP contribution is 2.35. The van der Waals surface area contributed by atoms with Gasteiger partial charge in [0, 0.05) is 6.54 Å². The lowest BCUT2D eigenvalue weighted by Crippen LogP contribution is -2.29. The number of carbonyl (C=O) groups is 2. The van der Waals surface area contributed by atoms with E-state index in [1.54, 1.807) is 18.2 Å². The van der Waals surface area contributed by atoms with Crippen LogP contribution in [-0.4, -0.2) is 30.0 Å². The first-order valence-corrected chi connectivity index (χ1v) is 12.3. The van der Waals surface area contributed by atoms with E-state index in [2.05, 4.69) is 5.32 Å². The third kappa shape index (κ3) is 7.25. The van der Waals surface area contributed by atoms with E-state index in [9.17, 15) is 27.9 Å². The number of amides is 1. The molecule has 0 fully saturated rings. The van der Waals surface area contributed by atoms with Gasteiger partial charge < -0.3 is 15.3 Å². The minimum absolute atomic E-state index is 0.0395. The number of carboxylic acid groups (broad SMARTS) is 1. The van der Waals surface area contributed by atoms with Gasteiger partial charge >= 0.3 is 5.97 Å². The number of carbonyl (C=O) groups excluding carboxylic acids is 1. The molecule has 5 nitrogen and oxygen atoms in total. The van der Waals surface area contributed by atoms with Gasteiger partial charge in [0.1, 0.15) is 5.82 Å². The van der Waals surface area contributed by atoms with Crippen molar-refractivity contribution in [2.75, 3.05) is 16.8 Å². The van der Waals surface area contributed by atoms with Gasteiger partial charge in [0.05, 0.1) is 29.9 Å². The van der Waals surface area contributed by atoms with Crippen molar-refractivity contribution in [1.29, 1.82) is 0 Å². The Kier molecular flexibility index (Phi) is 8.66. The zero-order valence-corrected chi connectivity index (χ0v) is 21.2. The highest BCUT2D eigenvalue weighted by Gasteiger charge is 2.21. The molecule has 4 rings (SSSR count). The molecule has 8 heteroatoms. The predicted molar refractivity (Wildman–Crippen MR) is 146 cm³/mol. The monoisotopic (exact) mass is 532 g/mol. The number of aryl methyl sites for hydroxylation is 1. The van der Waals surface area contributed by atoms with Crippen LogP contribution in [0.3, 0.4) is 0 Å². The standard InChI is InChI=1S/C31H27F3N2O3/c1-20-7-9-21(10-8-20)15-30(37)35-27-16-23(26-17-24(32)12-13-25(26)31(38)39)11-14-28(27)36(19-29(33)34)18-22-5-3-2-4-6-22/h2-14,16-17,29H,15,18-19H2,1H3,(H,35,37)(H,38,39). The maximum atomic E-state index is 14.1. The number of halogens is 3. The average Bonchev–Trinajstić information content (AvgIpc) is 2.89. The molecule has 0 radical (unpaired) electrons. The number of hydrogen-bond donors (Lipinski definition) is 2. The number of nitrogens with one attached hydrogen (secondary N) is 1. The third-order valence-electron chi connectivity index (χ3n) is 6.19. The Morgan fingerprint density at radius 3 is 2.28 bits per heavy atom. The number of benzene rings is 4. The molecule has 0 aliphatic rings. The maximum absolute atomic E-state index is 14.1. The lowest BCUT2D eigenvalue weighted by Gasteiger charge is -2.28. The second kappa shape index (κ2) is 12.3. The predicted octanol–water partition coefficient (Wildman–Crippen LogP) is 6.95. The zero-order valence-electron chi connectivity index (χ0n) is 21.2. The van der Waals surface area contributed by atoms with Crippen molar-refractivity contribution >= 4 is 23.3 Å². The van der Waals surface area contributed by atoms with Crippen LogP contribution in [0, 0.1) is 12.7 Å². The quantitative estimate of drug-likeness (QED) is 0.232. The minimum Gasteiger partial charge on any atom is -0.478 e. The smallest absolute Gasteiger partial charge is 0.336 e. The first kappa shape index (κ1) is 27.4. The summed E-state index contributed by atoms with van der Waals surface area (Å²) in [6, 6.07) is 24.4. The van der Waals surface area contributed by atoms with Gasteiger partial charge in [-0.05, 0) is 59.5 Å². The van der Waals surface area contributed by atoms with Gasteiger partial charge in [0.15, 0.2) is 0 Å². The number of hydrogen-bond acceptors (Lipinski definition) is 3. The molecule has 0 spiro atoms. The van der Waals surface area contributed by atoms with Crippen molar-refractivity contribution < 1.29 is 27.9 Å². The summed E-state index contributed by atoms with van der Waals surface area (Å²) in [6.45, 7) is 1.48. The van der Waals surface area contributed by atoms with Gasteiger partial charge in [-0.1, -0.05) is 66.2 Å². The van der Waals surface area contributed by atoms with E-state index in [1.165, 1.54) is 17.0 Å². The lowest BCUT2D eigenvalue weighted by molar-refractivity contribution is -0.115. The van der Waals surface area contributed by atoms with Crippen LogP contribution in [0.15, 0.2) is 91.0 Å². The average molecular weight is 533 g/mol. The molecule has 0 aromatic heterocycles. The van der Waals surface area contributed by atoms with Gasteiger partial charge in [-0.25, -0.2) is 18.0 Å². The summed E-state index contributed by atoms with van der Waals surface area (Å²) in [4.78, 5) is 26.3. The molecule has 2 N–H and O–H groups in total. The molecule has 1 amide bonds. The van der Waals surface area contributed by atoms with Crippen LogP contribution in [0.5, 0.6) is 0 Å². The number of nitrogens with zero attached hydrogens (tertiary/aromatic N) is 1. The Balaban J connectivity index is 1.77. The van der Waals surface area contributed by atoms with Gasteiger partial charge in [0.25, 0.3) is 6.43 Å². The molecule has 4 aromatic rings. The number of alkyl halides is 2. The number of carboxylic acids is 1. The topological polar surface area (TPSA) is 69.6 Å². The van der Waals surface area contributed by atoms with Crippen LogP contribution in [0.25, 0.3) is 11.1 Å². The van der Waals surface area contributed by atoms with Crippen LogP contribution in [0.4, 0.5) is 24.5 Å². The molecule has 0 aliphatic heterocycles. The first-order valence-electron chi connectivity index (χ1n) is 12.3. The van der Waals surface area contributed by atoms with Crippen LogP contribution in [0.2, 0.25) is 0 Å². The van der Waals surface area contributed by atoms with E-state index in [0.717, 1.165) is 34.9 Å². The molecule has 0 saturated carbocycles. The van der Waals surface area contributed by atoms with E-state index < -0.39 is 24.8 Å². The Bertz CT molecular complexity index is 1460. The van der Waals surface area contributed by atoms with Crippen molar-refractivity contribution in [3.63, 3.8) is 0 Å². The summed E-state index contributed by atoms with van der Waals surface area (Å²) in [5, 5.41) is 12.5. The molecule has 200 valence electrons. The summed E-state index contributed by atoms with van der Waals surface area (Å²) in [5.74, 6) is -2.26. The van der Waals surface area contributed by atoms with E-state index in [1.807, 2.05) is 49.4 Å². The molecular weight excluding hydrogens is 505 g/mol. The molecule has 0 saturated heterocycles. The fourth-order valence-corrected chi connectivity index (χ4v) is 4.33. The van der Waals surface area contributed by atoms with Crippen molar-refractivity contribution in [3.05, 3.63) is 119 Å². The van der Waals surface area contributed by atoms with Gasteiger partial charge in [-0.3, -0.25) is 4.79 Å². The van der Waals surface area contributed by atoms with Crippen molar-refractivity contribution in [2.24, 2.45) is 0 Å². The maximum Gasteiger partial charge on any atom is 0.336 e. The van der Waals surface area contributed by atoms with E-state index in [0.29, 0.717) is 11.3 Å². The summed E-state index contributed by atoms with van der Waals surface area (Å²) in [6.07, 6.45) is -2.62. The van der Waals surface area contributed by atoms with Gasteiger partial charge in [-0.15, -0.1) is 0 Å². The largest absolute Gasteiger partial charge is 0.478 e. The fraction of sp³-hybridized carbons (Fsp3) is 0.161. The number of rotatable bonds is 10. The van der Waals surface area contributed by atoms with E-state index >= 15 is 0 Å². The summed E-state index contributed by atoms with van der Waals surface area (Å²) < 4.78 is 41.5. The number of anilines is 2. The summed E-state index contributed by atoms with van der Waals surface area (Å²) >= 11 is 0. The first-order chi connectivity index (χ1) is 18.7. The van der Waals surface area contributed by atoms with E-state index in [-0.39, 0.29) is 35.7 Å². The van der Waals surface area contributed by atoms with Crippen LogP contribution in [-0.2, 0) is 17.8 Å². The lowest BCUT2D eigenvalue weighted by atomic mass is 9.98. The molecule has 0 atom stereocenters. The van der Waals surface area contributed by atoms with Crippen molar-refractivity contribution in [2.45, 2.75) is 26.3 Å². The van der Waals surface area contributed by atoms with Crippen LogP contribution < -0.4 is 10.2 Å². The molecule has 0 heterocycles. The van der Waals surface area contributed by atoms with Crippen LogP contribution >= 0.6 is 0 Å². The van der Waals surface area contributed by atoms with Crippen LogP contribution in [0.1, 0.15) is 27.0 Å². The molecule has 4 aromatic carbocycles. The SMILES string of the molecule is Cc1ccc(CC(=O)Nc2cc(-c3cc(F)ccc3C(=O)O)ccc2N(Cc2ccccc2)CC(F)F)cc1. The molecule has 0 bridgehead atoms. The normalized spacial score (nSPS) is 10.9. The van der Waals surface area contributed by atoms with Gasteiger partial charge in [0.2, 0.25) is 5.91 Å². The molecule has 0 unspecified atom stereocenters. The molecular formula is C31H27F3N2O3. The van der Waals surface area contributed by atoms with E-state index in [4.69, 9.17) is 0 Å². The molecule has 39 heavy (non-hydrogen) atoms. The Morgan fingerprint density at radius 1 is 0.897 bits per heavy atom. The summed E-state index contributed by atoms with van der Waals surface area (Å²) in [7, 11) is 0. The highest BCUT2D eigenvalue weighted by atomic mass is 19.3. The third-order valence-corrected chi connectivity index (χ3v) is 6.19. The summed E-state index contributed by atoms with van der Waals surface area (Å²) in [5.41, 5.74) is 3.43. The number of aromatic carboxylic acids is 1. The zero-order chi connectivity index (χ0) is 27.9. The molecule has 0 aliphatic carbocycles. The van der Waals surface area contributed by atoms with Crippen molar-refractivity contribution in [1.82, 2.24) is 0 Å². The van der Waals surface area contributed by atoms with Crippen molar-refractivity contribution in [3.8, 4) is 11.1 Å².